The summed E-state index contributed by atoms with van der Waals surface area (Å²) in [6.07, 6.45) is 1.16. The van der Waals surface area contributed by atoms with E-state index in [9.17, 15) is 8.42 Å². The Labute approximate surface area is 117 Å². The Morgan fingerprint density at radius 3 is 2.42 bits per heavy atom. The van der Waals surface area contributed by atoms with Crippen LogP contribution in [0.2, 0.25) is 0 Å². The van der Waals surface area contributed by atoms with Gasteiger partial charge in [0.2, 0.25) is 10.0 Å². The highest BCUT2D eigenvalue weighted by Crippen LogP contribution is 2.29. The molecule has 0 aliphatic carbocycles. The Balaban J connectivity index is 2.11. The van der Waals surface area contributed by atoms with Gasteiger partial charge in [-0.05, 0) is 42.0 Å². The quantitative estimate of drug-likeness (QED) is 0.922. The molecule has 0 fully saturated rings. The Hall–Kier alpha value is -1.37. The molecule has 6 heteroatoms. The Kier molecular flexibility index (Phi) is 4.24. The number of hydrogen-bond acceptors (Lipinski definition) is 4. The van der Waals surface area contributed by atoms with E-state index in [4.69, 9.17) is 4.74 Å². The summed E-state index contributed by atoms with van der Waals surface area (Å²) in [5.41, 5.74) is 1.09. The van der Waals surface area contributed by atoms with Crippen molar-refractivity contribution in [3.8, 4) is 16.2 Å². The van der Waals surface area contributed by atoms with Crippen LogP contribution in [0, 0.1) is 0 Å². The molecule has 4 nitrogen and oxygen atoms in total. The fourth-order valence-electron chi connectivity index (χ4n) is 1.59. The highest BCUT2D eigenvalue weighted by atomic mass is 32.2. The van der Waals surface area contributed by atoms with E-state index in [0.717, 1.165) is 27.3 Å². The third-order valence-corrected chi connectivity index (χ3v) is 4.35. The molecule has 102 valence electrons. The van der Waals surface area contributed by atoms with Crippen molar-refractivity contribution in [2.75, 3.05) is 13.4 Å². The van der Waals surface area contributed by atoms with Crippen LogP contribution in [0.25, 0.3) is 10.4 Å². The Morgan fingerprint density at radius 1 is 1.16 bits per heavy atom. The monoisotopic (exact) mass is 297 g/mol. The zero-order valence-electron chi connectivity index (χ0n) is 10.7. The molecule has 0 aliphatic heterocycles. The van der Waals surface area contributed by atoms with E-state index in [1.165, 1.54) is 0 Å². The zero-order chi connectivity index (χ0) is 13.9. The van der Waals surface area contributed by atoms with Gasteiger partial charge in [-0.3, -0.25) is 0 Å². The maximum Gasteiger partial charge on any atom is 0.209 e. The maximum absolute atomic E-state index is 11.0. The lowest BCUT2D eigenvalue weighted by atomic mass is 10.2. The second-order valence-electron chi connectivity index (χ2n) is 4.09. The van der Waals surface area contributed by atoms with E-state index < -0.39 is 10.0 Å². The van der Waals surface area contributed by atoms with Gasteiger partial charge in [-0.1, -0.05) is 0 Å². The molecule has 0 unspecified atom stereocenters. The van der Waals surface area contributed by atoms with Crippen LogP contribution in [0.15, 0.2) is 36.4 Å². The topological polar surface area (TPSA) is 55.4 Å². The minimum absolute atomic E-state index is 0.333. The predicted molar refractivity (Wildman–Crippen MR) is 78.0 cm³/mol. The minimum atomic E-state index is -3.15. The first kappa shape index (κ1) is 14.0. The molecule has 1 heterocycles. The summed E-state index contributed by atoms with van der Waals surface area (Å²) < 4.78 is 29.7. The van der Waals surface area contributed by atoms with Crippen molar-refractivity contribution >= 4 is 21.4 Å². The van der Waals surface area contributed by atoms with Crippen molar-refractivity contribution in [1.29, 1.82) is 0 Å². The maximum atomic E-state index is 11.0. The number of thiophene rings is 1. The van der Waals surface area contributed by atoms with Crippen molar-refractivity contribution < 1.29 is 13.2 Å². The predicted octanol–water partition coefficient (Wildman–Crippen LogP) is 2.47. The van der Waals surface area contributed by atoms with E-state index >= 15 is 0 Å². The number of sulfonamides is 1. The van der Waals surface area contributed by atoms with Crippen molar-refractivity contribution in [1.82, 2.24) is 4.72 Å². The van der Waals surface area contributed by atoms with E-state index in [2.05, 4.69) is 4.72 Å². The number of hydrogen-bond donors (Lipinski definition) is 1. The number of nitrogens with one attached hydrogen (secondary N) is 1. The van der Waals surface area contributed by atoms with Gasteiger partial charge in [0.25, 0.3) is 0 Å². The molecule has 0 aliphatic rings. The van der Waals surface area contributed by atoms with Crippen LogP contribution in [0.3, 0.4) is 0 Å². The van der Waals surface area contributed by atoms with Gasteiger partial charge in [0.05, 0.1) is 13.4 Å². The molecule has 0 radical (unpaired) electrons. The first-order valence-electron chi connectivity index (χ1n) is 5.66. The largest absolute Gasteiger partial charge is 0.497 e. The third kappa shape index (κ3) is 4.05. The van der Waals surface area contributed by atoms with Crippen LogP contribution in [0.5, 0.6) is 5.75 Å². The molecule has 1 aromatic carbocycles. The Morgan fingerprint density at radius 2 is 1.84 bits per heavy atom. The minimum Gasteiger partial charge on any atom is -0.497 e. The van der Waals surface area contributed by atoms with Gasteiger partial charge in [-0.2, -0.15) is 0 Å². The summed E-state index contributed by atoms with van der Waals surface area (Å²) in [5, 5.41) is 0. The van der Waals surface area contributed by atoms with Crippen LogP contribution in [0.4, 0.5) is 0 Å². The lowest BCUT2D eigenvalue weighted by Crippen LogP contribution is -2.20. The molecule has 0 saturated heterocycles. The normalized spacial score (nSPS) is 11.5. The van der Waals surface area contributed by atoms with E-state index in [0.29, 0.717) is 6.54 Å². The molecule has 0 amide bonds. The molecule has 1 aromatic heterocycles. The standard InChI is InChI=1S/C13H15NO3S2/c1-17-11-5-3-10(4-6-11)13-8-7-12(18-13)9-14-19(2,15)16/h3-8,14H,9H2,1-2H3. The number of methoxy groups -OCH3 is 1. The van der Waals surface area contributed by atoms with Gasteiger partial charge in [0, 0.05) is 16.3 Å². The first-order chi connectivity index (χ1) is 8.98. The highest BCUT2D eigenvalue weighted by molar-refractivity contribution is 7.88. The second-order valence-corrected chi connectivity index (χ2v) is 7.09. The van der Waals surface area contributed by atoms with E-state index in [-0.39, 0.29) is 0 Å². The molecule has 1 N–H and O–H groups in total. The smallest absolute Gasteiger partial charge is 0.209 e. The van der Waals surface area contributed by atoms with Crippen LogP contribution < -0.4 is 9.46 Å². The fourth-order valence-corrected chi connectivity index (χ4v) is 3.05. The van der Waals surface area contributed by atoms with Crippen LogP contribution in [0.1, 0.15) is 4.88 Å². The average molecular weight is 297 g/mol. The zero-order valence-corrected chi connectivity index (χ0v) is 12.3. The second kappa shape index (κ2) is 5.73. The van der Waals surface area contributed by atoms with Crippen LogP contribution >= 0.6 is 11.3 Å². The number of ether oxygens (including phenoxy) is 1. The van der Waals surface area contributed by atoms with Crippen molar-refractivity contribution in [2.45, 2.75) is 6.54 Å². The molecule has 2 aromatic rings. The summed E-state index contributed by atoms with van der Waals surface area (Å²) in [4.78, 5) is 2.09. The SMILES string of the molecule is COc1ccc(-c2ccc(CNS(C)(=O)=O)s2)cc1. The number of rotatable bonds is 5. The van der Waals surface area contributed by atoms with Crippen LogP contribution in [-0.2, 0) is 16.6 Å². The molecule has 0 bridgehead atoms. The van der Waals surface area contributed by atoms with E-state index in [1.54, 1.807) is 18.4 Å². The summed E-state index contributed by atoms with van der Waals surface area (Å²) >= 11 is 1.57. The molecule has 0 atom stereocenters. The van der Waals surface area contributed by atoms with Gasteiger partial charge in [-0.25, -0.2) is 13.1 Å². The number of benzene rings is 1. The van der Waals surface area contributed by atoms with E-state index in [1.807, 2.05) is 36.4 Å². The fraction of sp³-hybridized carbons (Fsp3) is 0.231. The van der Waals surface area contributed by atoms with Crippen molar-refractivity contribution in [3.05, 3.63) is 41.3 Å². The van der Waals surface area contributed by atoms with Crippen molar-refractivity contribution in [2.24, 2.45) is 0 Å². The summed E-state index contributed by atoms with van der Waals surface area (Å²) in [5.74, 6) is 0.819. The van der Waals surface area contributed by atoms with Gasteiger partial charge >= 0.3 is 0 Å². The Bertz CT molecular complexity index is 645. The van der Waals surface area contributed by atoms with Gasteiger partial charge in [-0.15, -0.1) is 11.3 Å². The van der Waals surface area contributed by atoms with Gasteiger partial charge in [0.15, 0.2) is 0 Å². The van der Waals surface area contributed by atoms with Gasteiger partial charge in [0.1, 0.15) is 5.75 Å². The summed E-state index contributed by atoms with van der Waals surface area (Å²) in [7, 11) is -1.51. The molecular weight excluding hydrogens is 282 g/mol. The summed E-state index contributed by atoms with van der Waals surface area (Å²) in [6, 6.07) is 11.7. The molecule has 0 saturated carbocycles. The molecular formula is C13H15NO3S2. The molecule has 19 heavy (non-hydrogen) atoms. The first-order valence-corrected chi connectivity index (χ1v) is 8.36. The lowest BCUT2D eigenvalue weighted by molar-refractivity contribution is 0.415. The summed E-state index contributed by atoms with van der Waals surface area (Å²) in [6.45, 7) is 0.333. The average Bonchev–Trinajstić information content (AvgIpc) is 2.84. The molecule has 0 spiro atoms. The van der Waals surface area contributed by atoms with Crippen LogP contribution in [-0.4, -0.2) is 21.8 Å². The van der Waals surface area contributed by atoms with Crippen molar-refractivity contribution in [3.63, 3.8) is 0 Å². The molecule has 2 rings (SSSR count). The third-order valence-electron chi connectivity index (χ3n) is 2.54. The van der Waals surface area contributed by atoms with Gasteiger partial charge < -0.3 is 4.74 Å². The highest BCUT2D eigenvalue weighted by Gasteiger charge is 2.05. The lowest BCUT2D eigenvalue weighted by Gasteiger charge is -2.01.